The lowest BCUT2D eigenvalue weighted by atomic mass is 10.2. The molecule has 0 fully saturated rings. The molecule has 0 aromatic carbocycles. The van der Waals surface area contributed by atoms with Gasteiger partial charge in [-0.2, -0.15) is 15.3 Å². The van der Waals surface area contributed by atoms with Gasteiger partial charge >= 0.3 is 0 Å². The largest absolute Gasteiger partial charge is 0.382 e. The second-order valence-corrected chi connectivity index (χ2v) is 1.99. The molecule has 1 aliphatic rings. The van der Waals surface area contributed by atoms with E-state index < -0.39 is 0 Å². The Morgan fingerprint density at radius 3 is 3.20 bits per heavy atom. The summed E-state index contributed by atoms with van der Waals surface area (Å²) in [6.07, 6.45) is 1.56. The van der Waals surface area contributed by atoms with Crippen molar-refractivity contribution in [1.29, 1.82) is 0 Å². The van der Waals surface area contributed by atoms with Crippen molar-refractivity contribution in [3.05, 3.63) is 11.8 Å². The molecule has 0 spiro atoms. The van der Waals surface area contributed by atoms with Crippen molar-refractivity contribution < 1.29 is 0 Å². The topological polar surface area (TPSA) is 76.5 Å². The Hall–Kier alpha value is -1.52. The Morgan fingerprint density at radius 1 is 1.50 bits per heavy atom. The van der Waals surface area contributed by atoms with E-state index in [2.05, 4.69) is 20.4 Å². The van der Waals surface area contributed by atoms with Crippen molar-refractivity contribution in [3.63, 3.8) is 0 Å². The van der Waals surface area contributed by atoms with Crippen LogP contribution in [0, 0.1) is 0 Å². The summed E-state index contributed by atoms with van der Waals surface area (Å²) < 4.78 is 0. The van der Waals surface area contributed by atoms with E-state index in [4.69, 9.17) is 5.73 Å². The molecule has 10 heavy (non-hydrogen) atoms. The fourth-order valence-electron chi connectivity index (χ4n) is 0.846. The minimum atomic E-state index is 0.433. The second-order valence-electron chi connectivity index (χ2n) is 1.99. The molecule has 0 aliphatic carbocycles. The van der Waals surface area contributed by atoms with Crippen LogP contribution in [0.3, 0.4) is 0 Å². The van der Waals surface area contributed by atoms with E-state index in [0.717, 1.165) is 11.3 Å². The summed E-state index contributed by atoms with van der Waals surface area (Å²) in [4.78, 5) is 0. The van der Waals surface area contributed by atoms with Crippen LogP contribution in [0.15, 0.2) is 16.4 Å². The summed E-state index contributed by atoms with van der Waals surface area (Å²) in [7, 11) is 0. The van der Waals surface area contributed by atoms with Crippen LogP contribution in [-0.2, 0) is 6.54 Å². The van der Waals surface area contributed by atoms with Crippen LogP contribution in [0.4, 0.5) is 11.5 Å². The first-order valence-corrected chi connectivity index (χ1v) is 2.85. The van der Waals surface area contributed by atoms with Crippen molar-refractivity contribution in [2.75, 3.05) is 5.73 Å². The zero-order valence-corrected chi connectivity index (χ0v) is 5.15. The number of fused-ring (bicyclic) bond motifs is 1. The number of nitrogens with zero attached hydrogens (tertiary/aromatic N) is 4. The minimum absolute atomic E-state index is 0.433. The molecule has 0 unspecified atom stereocenters. The van der Waals surface area contributed by atoms with Gasteiger partial charge in [-0.1, -0.05) is 0 Å². The van der Waals surface area contributed by atoms with E-state index in [1.807, 2.05) is 0 Å². The number of anilines is 1. The number of rotatable bonds is 0. The first-order valence-electron chi connectivity index (χ1n) is 2.85. The highest BCUT2D eigenvalue weighted by Gasteiger charge is 2.11. The van der Waals surface area contributed by atoms with Crippen LogP contribution in [0.25, 0.3) is 0 Å². The van der Waals surface area contributed by atoms with Gasteiger partial charge < -0.3 is 5.73 Å². The first kappa shape index (κ1) is 5.28. The molecule has 0 saturated heterocycles. The Morgan fingerprint density at radius 2 is 2.40 bits per heavy atom. The quantitative estimate of drug-likeness (QED) is 0.567. The number of hydrogen-bond acceptors (Lipinski definition) is 5. The maximum Gasteiger partial charge on any atom is 0.153 e. The number of hydrogen-bond donors (Lipinski definition) is 1. The van der Waals surface area contributed by atoms with Crippen molar-refractivity contribution in [1.82, 2.24) is 10.2 Å². The molecule has 2 heterocycles. The molecule has 2 rings (SSSR count). The lowest BCUT2D eigenvalue weighted by molar-refractivity contribution is 1.00. The molecular formula is C5H5N5. The average molecular weight is 135 g/mol. The standard InChI is InChI=1S/C5H5N5/c6-5-3-1-7-9-4(3)2-8-10-5/h2H,1H2,(H2,6,10). The summed E-state index contributed by atoms with van der Waals surface area (Å²) in [5, 5.41) is 14.9. The van der Waals surface area contributed by atoms with Crippen LogP contribution < -0.4 is 5.73 Å². The maximum atomic E-state index is 5.48. The van der Waals surface area contributed by atoms with Gasteiger partial charge in [0.05, 0.1) is 12.7 Å². The molecule has 0 atom stereocenters. The molecule has 1 aliphatic heterocycles. The number of nitrogen functional groups attached to an aromatic ring is 1. The van der Waals surface area contributed by atoms with Gasteiger partial charge in [0.1, 0.15) is 5.69 Å². The van der Waals surface area contributed by atoms with Gasteiger partial charge in [0.15, 0.2) is 5.82 Å². The van der Waals surface area contributed by atoms with Crippen LogP contribution in [0.5, 0.6) is 0 Å². The number of aromatic nitrogens is 2. The highest BCUT2D eigenvalue weighted by atomic mass is 15.2. The third kappa shape index (κ3) is 0.570. The zero-order valence-electron chi connectivity index (χ0n) is 5.15. The molecule has 0 amide bonds. The van der Waals surface area contributed by atoms with E-state index >= 15 is 0 Å². The lowest BCUT2D eigenvalue weighted by Crippen LogP contribution is -1.96. The third-order valence-electron chi connectivity index (χ3n) is 1.37. The van der Waals surface area contributed by atoms with Crippen LogP contribution in [0.2, 0.25) is 0 Å². The molecule has 2 N–H and O–H groups in total. The zero-order chi connectivity index (χ0) is 6.97. The SMILES string of the molecule is Nc1nncc2c1CN=N2. The molecule has 0 saturated carbocycles. The van der Waals surface area contributed by atoms with Gasteiger partial charge in [-0.05, 0) is 0 Å². The minimum Gasteiger partial charge on any atom is -0.382 e. The van der Waals surface area contributed by atoms with Crippen LogP contribution >= 0.6 is 0 Å². The van der Waals surface area contributed by atoms with E-state index in [9.17, 15) is 0 Å². The van der Waals surface area contributed by atoms with Gasteiger partial charge in [-0.3, -0.25) is 0 Å². The van der Waals surface area contributed by atoms with E-state index in [-0.39, 0.29) is 0 Å². The Kier molecular flexibility index (Phi) is 0.913. The van der Waals surface area contributed by atoms with Crippen LogP contribution in [-0.4, -0.2) is 10.2 Å². The molecule has 1 aromatic rings. The van der Waals surface area contributed by atoms with Gasteiger partial charge in [0, 0.05) is 5.56 Å². The van der Waals surface area contributed by atoms with Crippen molar-refractivity contribution in [3.8, 4) is 0 Å². The number of nitrogens with two attached hydrogens (primary N) is 1. The predicted molar refractivity (Wildman–Crippen MR) is 34.7 cm³/mol. The molecule has 0 bridgehead atoms. The van der Waals surface area contributed by atoms with Gasteiger partial charge in [-0.25, -0.2) is 0 Å². The van der Waals surface area contributed by atoms with Crippen LogP contribution in [0.1, 0.15) is 5.56 Å². The first-order chi connectivity index (χ1) is 4.88. The van der Waals surface area contributed by atoms with Crippen molar-refractivity contribution in [2.24, 2.45) is 10.2 Å². The normalized spacial score (nSPS) is 13.6. The van der Waals surface area contributed by atoms with Crippen molar-refractivity contribution >= 4 is 11.5 Å². The molecule has 50 valence electrons. The maximum absolute atomic E-state index is 5.48. The van der Waals surface area contributed by atoms with E-state index in [0.29, 0.717) is 12.4 Å². The summed E-state index contributed by atoms with van der Waals surface area (Å²) >= 11 is 0. The smallest absolute Gasteiger partial charge is 0.153 e. The highest BCUT2D eigenvalue weighted by Crippen LogP contribution is 2.27. The highest BCUT2D eigenvalue weighted by molar-refractivity contribution is 5.55. The van der Waals surface area contributed by atoms with Gasteiger partial charge in [-0.15, -0.1) is 5.10 Å². The summed E-state index contributed by atoms with van der Waals surface area (Å²) in [6, 6.07) is 0. The fourth-order valence-corrected chi connectivity index (χ4v) is 0.846. The van der Waals surface area contributed by atoms with Gasteiger partial charge in [0.25, 0.3) is 0 Å². The predicted octanol–water partition coefficient (Wildman–Crippen LogP) is 0.656. The Bertz CT molecular complexity index is 292. The summed E-state index contributed by atoms with van der Waals surface area (Å²) in [5.41, 5.74) is 7.11. The lowest BCUT2D eigenvalue weighted by Gasteiger charge is -1.94. The Balaban J connectivity index is 2.66. The van der Waals surface area contributed by atoms with Crippen molar-refractivity contribution in [2.45, 2.75) is 6.54 Å². The Labute approximate surface area is 57.0 Å². The molecule has 5 nitrogen and oxygen atoms in total. The summed E-state index contributed by atoms with van der Waals surface area (Å²) in [6.45, 7) is 0.538. The molecule has 1 aromatic heterocycles. The van der Waals surface area contributed by atoms with Gasteiger partial charge in [0.2, 0.25) is 0 Å². The van der Waals surface area contributed by atoms with E-state index in [1.165, 1.54) is 0 Å². The second kappa shape index (κ2) is 1.73. The molecular weight excluding hydrogens is 130 g/mol. The number of azo groups is 1. The van der Waals surface area contributed by atoms with E-state index in [1.54, 1.807) is 6.20 Å². The third-order valence-corrected chi connectivity index (χ3v) is 1.37. The fraction of sp³-hybridized carbons (Fsp3) is 0.200. The molecule has 5 heteroatoms. The summed E-state index contributed by atoms with van der Waals surface area (Å²) in [5.74, 6) is 0.433. The monoisotopic (exact) mass is 135 g/mol. The molecule has 0 radical (unpaired) electrons. The average Bonchev–Trinajstić information content (AvgIpc) is 2.36.